The molecule has 2 aromatic heterocycles. The number of sulfonamides is 1. The maximum atomic E-state index is 13.8. The van der Waals surface area contributed by atoms with E-state index in [4.69, 9.17) is 9.72 Å². The maximum Gasteiger partial charge on any atom is 0.260 e. The molecule has 37 heavy (non-hydrogen) atoms. The van der Waals surface area contributed by atoms with Crippen molar-refractivity contribution in [3.63, 3.8) is 0 Å². The van der Waals surface area contributed by atoms with Gasteiger partial charge in [0.2, 0.25) is 10.0 Å². The number of aromatic nitrogens is 2. The molecular weight excluding hydrogens is 508 g/mol. The number of nitrogens with zero attached hydrogens (tertiary/aromatic N) is 4. The Labute approximate surface area is 220 Å². The van der Waals surface area contributed by atoms with Gasteiger partial charge in [0.1, 0.15) is 11.3 Å². The highest BCUT2D eigenvalue weighted by molar-refractivity contribution is 7.89. The average molecular weight is 537 g/mol. The first-order chi connectivity index (χ1) is 17.9. The smallest absolute Gasteiger partial charge is 0.260 e. The van der Waals surface area contributed by atoms with Crippen LogP contribution < -0.4 is 9.64 Å². The molecule has 5 rings (SSSR count). The molecule has 10 heteroatoms. The summed E-state index contributed by atoms with van der Waals surface area (Å²) in [6.45, 7) is 3.32. The van der Waals surface area contributed by atoms with E-state index in [9.17, 15) is 13.2 Å². The molecule has 0 spiro atoms. The van der Waals surface area contributed by atoms with E-state index in [1.165, 1.54) is 27.8 Å². The number of anilines is 1. The number of hydrogen-bond donors (Lipinski definition) is 0. The molecule has 2 aromatic carbocycles. The van der Waals surface area contributed by atoms with Crippen LogP contribution >= 0.6 is 11.3 Å². The fourth-order valence-corrected chi connectivity index (χ4v) is 7.02. The van der Waals surface area contributed by atoms with E-state index in [2.05, 4.69) is 4.98 Å². The first-order valence-electron chi connectivity index (χ1n) is 12.1. The van der Waals surface area contributed by atoms with Crippen molar-refractivity contribution in [3.05, 3.63) is 77.6 Å². The van der Waals surface area contributed by atoms with Crippen LogP contribution in [0.2, 0.25) is 0 Å². The number of benzene rings is 2. The van der Waals surface area contributed by atoms with Gasteiger partial charge >= 0.3 is 0 Å². The van der Waals surface area contributed by atoms with E-state index >= 15 is 0 Å². The SMILES string of the molecule is COc1ccc(C)c2sc(N(Cc3cccnc3)C(=O)c3ccc(S(=O)(=O)N4CCCCC4)cc3)nc12. The lowest BCUT2D eigenvalue weighted by molar-refractivity contribution is 0.0985. The molecule has 0 saturated carbocycles. The van der Waals surface area contributed by atoms with Gasteiger partial charge in [-0.1, -0.05) is 29.9 Å². The van der Waals surface area contributed by atoms with Crippen molar-refractivity contribution < 1.29 is 17.9 Å². The van der Waals surface area contributed by atoms with E-state index < -0.39 is 10.0 Å². The van der Waals surface area contributed by atoms with Gasteiger partial charge in [0.15, 0.2) is 5.13 Å². The predicted molar refractivity (Wildman–Crippen MR) is 145 cm³/mol. The number of thiazole rings is 1. The lowest BCUT2D eigenvalue weighted by Crippen LogP contribution is -2.35. The average Bonchev–Trinajstić information content (AvgIpc) is 3.39. The van der Waals surface area contributed by atoms with Crippen molar-refractivity contribution in [2.75, 3.05) is 25.1 Å². The Morgan fingerprint density at radius 2 is 1.84 bits per heavy atom. The van der Waals surface area contributed by atoms with E-state index in [0.29, 0.717) is 35.1 Å². The Kier molecular flexibility index (Phi) is 7.23. The Bertz CT molecular complexity index is 1510. The van der Waals surface area contributed by atoms with Crippen molar-refractivity contribution >= 4 is 42.6 Å². The Hall–Kier alpha value is -3.34. The Morgan fingerprint density at radius 1 is 1.08 bits per heavy atom. The maximum absolute atomic E-state index is 13.8. The van der Waals surface area contributed by atoms with Crippen LogP contribution in [0, 0.1) is 6.92 Å². The van der Waals surface area contributed by atoms with Crippen LogP contribution in [-0.4, -0.2) is 48.8 Å². The van der Waals surface area contributed by atoms with Crippen LogP contribution in [0.5, 0.6) is 5.75 Å². The van der Waals surface area contributed by atoms with Crippen LogP contribution in [0.4, 0.5) is 5.13 Å². The topological polar surface area (TPSA) is 92.7 Å². The molecule has 8 nitrogen and oxygen atoms in total. The van der Waals surface area contributed by atoms with Gasteiger partial charge in [-0.25, -0.2) is 13.4 Å². The highest BCUT2D eigenvalue weighted by Crippen LogP contribution is 2.37. The number of methoxy groups -OCH3 is 1. The summed E-state index contributed by atoms with van der Waals surface area (Å²) in [5, 5.41) is 0.529. The monoisotopic (exact) mass is 536 g/mol. The first-order valence-corrected chi connectivity index (χ1v) is 14.4. The predicted octanol–water partition coefficient (Wildman–Crippen LogP) is 5.03. The fourth-order valence-electron chi connectivity index (χ4n) is 4.46. The number of piperidine rings is 1. The number of ether oxygens (including phenoxy) is 1. The van der Waals surface area contributed by atoms with Crippen LogP contribution in [0.15, 0.2) is 65.8 Å². The minimum atomic E-state index is -3.58. The molecule has 4 aromatic rings. The lowest BCUT2D eigenvalue weighted by Gasteiger charge is -2.26. The third-order valence-corrected chi connectivity index (χ3v) is 9.63. The highest BCUT2D eigenvalue weighted by Gasteiger charge is 2.27. The number of rotatable bonds is 7. The Morgan fingerprint density at radius 3 is 2.51 bits per heavy atom. The zero-order chi connectivity index (χ0) is 26.0. The summed E-state index contributed by atoms with van der Waals surface area (Å²) in [5.74, 6) is 0.366. The quantitative estimate of drug-likeness (QED) is 0.329. The van der Waals surface area contributed by atoms with Gasteiger partial charge in [-0.3, -0.25) is 14.7 Å². The minimum absolute atomic E-state index is 0.199. The van der Waals surface area contributed by atoms with Gasteiger partial charge in [-0.2, -0.15) is 4.31 Å². The number of pyridine rings is 1. The molecule has 1 amide bonds. The van der Waals surface area contributed by atoms with Gasteiger partial charge in [0.05, 0.1) is 23.2 Å². The second-order valence-corrected chi connectivity index (χ2v) is 11.9. The summed E-state index contributed by atoms with van der Waals surface area (Å²) >= 11 is 1.42. The molecule has 0 N–H and O–H groups in total. The fraction of sp³-hybridized carbons (Fsp3) is 0.296. The minimum Gasteiger partial charge on any atom is -0.494 e. The summed E-state index contributed by atoms with van der Waals surface area (Å²) in [5.41, 5.74) is 2.97. The van der Waals surface area contributed by atoms with E-state index in [1.54, 1.807) is 36.5 Å². The van der Waals surface area contributed by atoms with Crippen molar-refractivity contribution in [1.29, 1.82) is 0 Å². The summed E-state index contributed by atoms with van der Waals surface area (Å²) in [6, 6.07) is 13.8. The van der Waals surface area contributed by atoms with Gasteiger partial charge in [0, 0.05) is 31.0 Å². The normalized spacial score (nSPS) is 14.5. The number of aryl methyl sites for hydroxylation is 1. The van der Waals surface area contributed by atoms with Crippen LogP contribution in [0.3, 0.4) is 0 Å². The van der Waals surface area contributed by atoms with E-state index in [-0.39, 0.29) is 17.3 Å². The standard InChI is InChI=1S/C27H28N4O4S2/c1-19-8-13-23(35-2)24-25(19)36-27(29-24)31(18-20-7-6-14-28-17-20)26(32)21-9-11-22(12-10-21)37(33,34)30-15-4-3-5-16-30/h6-14,17H,3-5,15-16,18H2,1-2H3. The molecule has 192 valence electrons. The van der Waals surface area contributed by atoms with Gasteiger partial charge in [-0.15, -0.1) is 0 Å². The molecule has 0 atom stereocenters. The molecule has 0 aliphatic carbocycles. The molecule has 1 saturated heterocycles. The zero-order valence-corrected chi connectivity index (χ0v) is 22.4. The number of hydrogen-bond acceptors (Lipinski definition) is 7. The molecule has 0 bridgehead atoms. The number of fused-ring (bicyclic) bond motifs is 1. The molecular formula is C27H28N4O4S2. The number of amides is 1. The molecule has 0 radical (unpaired) electrons. The molecule has 0 unspecified atom stereocenters. The zero-order valence-electron chi connectivity index (χ0n) is 20.8. The largest absolute Gasteiger partial charge is 0.494 e. The molecule has 3 heterocycles. The summed E-state index contributed by atoms with van der Waals surface area (Å²) in [6.07, 6.45) is 6.18. The molecule has 1 aliphatic rings. The van der Waals surface area contributed by atoms with Crippen molar-refractivity contribution in [3.8, 4) is 5.75 Å². The number of carbonyl (C=O) groups excluding carboxylic acids is 1. The second kappa shape index (κ2) is 10.6. The van der Waals surface area contributed by atoms with E-state index in [0.717, 1.165) is 35.1 Å². The summed E-state index contributed by atoms with van der Waals surface area (Å²) in [4.78, 5) is 24.6. The summed E-state index contributed by atoms with van der Waals surface area (Å²) < 4.78 is 34.1. The van der Waals surface area contributed by atoms with Crippen LogP contribution in [-0.2, 0) is 16.6 Å². The van der Waals surface area contributed by atoms with Gasteiger partial charge < -0.3 is 4.74 Å². The van der Waals surface area contributed by atoms with Crippen molar-refractivity contribution in [2.24, 2.45) is 0 Å². The van der Waals surface area contributed by atoms with Gasteiger partial charge in [-0.05, 0) is 67.3 Å². The lowest BCUT2D eigenvalue weighted by atomic mass is 10.2. The van der Waals surface area contributed by atoms with Gasteiger partial charge in [0.25, 0.3) is 5.91 Å². The highest BCUT2D eigenvalue weighted by atomic mass is 32.2. The van der Waals surface area contributed by atoms with Crippen LogP contribution in [0.1, 0.15) is 40.7 Å². The second-order valence-electron chi connectivity index (χ2n) is 9.00. The van der Waals surface area contributed by atoms with Crippen molar-refractivity contribution in [1.82, 2.24) is 14.3 Å². The van der Waals surface area contributed by atoms with Crippen molar-refractivity contribution in [2.45, 2.75) is 37.6 Å². The van der Waals surface area contributed by atoms with Crippen LogP contribution in [0.25, 0.3) is 10.2 Å². The van der Waals surface area contributed by atoms with E-state index in [1.807, 2.05) is 31.2 Å². The molecule has 1 fully saturated rings. The third-order valence-electron chi connectivity index (χ3n) is 6.51. The summed E-state index contributed by atoms with van der Waals surface area (Å²) in [7, 11) is -1.98. The molecule has 1 aliphatic heterocycles. The Balaban J connectivity index is 1.50. The third kappa shape index (κ3) is 5.09. The number of carbonyl (C=O) groups is 1. The first kappa shape index (κ1) is 25.3.